The molecule has 24 heavy (non-hydrogen) atoms. The van der Waals surface area contributed by atoms with E-state index in [-0.39, 0.29) is 25.0 Å². The number of hydrogen-bond acceptors (Lipinski definition) is 4. The van der Waals surface area contributed by atoms with Gasteiger partial charge in [-0.05, 0) is 30.4 Å². The minimum atomic E-state index is -0.620. The summed E-state index contributed by atoms with van der Waals surface area (Å²) in [5.74, 6) is -0.239. The maximum absolute atomic E-state index is 12.1. The van der Waals surface area contributed by atoms with Gasteiger partial charge >= 0.3 is 5.97 Å². The van der Waals surface area contributed by atoms with Crippen molar-refractivity contribution in [2.75, 3.05) is 26.2 Å². The van der Waals surface area contributed by atoms with E-state index in [2.05, 4.69) is 19.2 Å². The number of nitrogens with one attached hydrogen (secondary N) is 1. The molecule has 2 rings (SSSR count). The van der Waals surface area contributed by atoms with E-state index in [1.807, 2.05) is 0 Å². The molecule has 0 spiro atoms. The standard InChI is InChI=1S/C18H24N2O4/c1-13-8-14(2)11-20(10-13)16(21)12-24-17(22)9-19-18(23)15-6-4-3-5-7-15/h3-7,13-14H,8-12H2,1-2H3,(H,19,23)/t13-,14-/m1/s1. The average Bonchev–Trinajstić information content (AvgIpc) is 2.57. The number of nitrogens with zero attached hydrogens (tertiary/aromatic N) is 1. The number of carbonyl (C=O) groups is 3. The Hall–Kier alpha value is -2.37. The average molecular weight is 332 g/mol. The number of piperidine rings is 1. The molecule has 1 aliphatic heterocycles. The molecule has 1 saturated heterocycles. The van der Waals surface area contributed by atoms with E-state index < -0.39 is 5.97 Å². The smallest absolute Gasteiger partial charge is 0.325 e. The summed E-state index contributed by atoms with van der Waals surface area (Å²) in [5.41, 5.74) is 0.470. The van der Waals surface area contributed by atoms with Gasteiger partial charge in [-0.3, -0.25) is 14.4 Å². The molecule has 0 unspecified atom stereocenters. The van der Waals surface area contributed by atoms with Gasteiger partial charge in [0.2, 0.25) is 0 Å². The molecule has 0 saturated carbocycles. The topological polar surface area (TPSA) is 75.7 Å². The van der Waals surface area contributed by atoms with Crippen LogP contribution in [-0.4, -0.2) is 48.9 Å². The fraction of sp³-hybridized carbons (Fsp3) is 0.500. The summed E-state index contributed by atoms with van der Waals surface area (Å²) >= 11 is 0. The highest BCUT2D eigenvalue weighted by Gasteiger charge is 2.25. The maximum atomic E-state index is 12.1. The molecule has 0 aliphatic carbocycles. The highest BCUT2D eigenvalue weighted by Crippen LogP contribution is 2.20. The third-order valence-corrected chi connectivity index (χ3v) is 4.01. The predicted octanol–water partition coefficient (Wildman–Crippen LogP) is 1.46. The van der Waals surface area contributed by atoms with Crippen LogP contribution in [0.4, 0.5) is 0 Å². The van der Waals surface area contributed by atoms with Crippen molar-refractivity contribution in [2.45, 2.75) is 20.3 Å². The van der Waals surface area contributed by atoms with Crippen LogP contribution in [0.15, 0.2) is 30.3 Å². The van der Waals surface area contributed by atoms with Crippen LogP contribution in [0.25, 0.3) is 0 Å². The van der Waals surface area contributed by atoms with Crippen LogP contribution >= 0.6 is 0 Å². The second-order valence-corrected chi connectivity index (χ2v) is 6.45. The Morgan fingerprint density at radius 3 is 2.38 bits per heavy atom. The van der Waals surface area contributed by atoms with Crippen LogP contribution in [0.2, 0.25) is 0 Å². The van der Waals surface area contributed by atoms with Crippen LogP contribution in [0.1, 0.15) is 30.6 Å². The van der Waals surface area contributed by atoms with Crippen LogP contribution in [-0.2, 0) is 14.3 Å². The van der Waals surface area contributed by atoms with E-state index in [4.69, 9.17) is 4.74 Å². The zero-order chi connectivity index (χ0) is 17.5. The van der Waals surface area contributed by atoms with Gasteiger partial charge in [0.1, 0.15) is 6.54 Å². The second kappa shape index (κ2) is 8.47. The molecular weight excluding hydrogens is 308 g/mol. The molecule has 0 radical (unpaired) electrons. The normalized spacial score (nSPS) is 20.3. The van der Waals surface area contributed by atoms with Crippen LogP contribution < -0.4 is 5.32 Å². The Balaban J connectivity index is 1.71. The quantitative estimate of drug-likeness (QED) is 0.829. The molecule has 2 amide bonds. The Morgan fingerprint density at radius 2 is 1.75 bits per heavy atom. The molecule has 1 aromatic rings. The Labute approximate surface area is 142 Å². The fourth-order valence-electron chi connectivity index (χ4n) is 3.00. The van der Waals surface area contributed by atoms with Crippen molar-refractivity contribution in [2.24, 2.45) is 11.8 Å². The summed E-state index contributed by atoms with van der Waals surface area (Å²) in [4.78, 5) is 37.4. The molecule has 6 nitrogen and oxygen atoms in total. The minimum absolute atomic E-state index is 0.184. The van der Waals surface area contributed by atoms with Gasteiger partial charge in [0.25, 0.3) is 11.8 Å². The summed E-state index contributed by atoms with van der Waals surface area (Å²) in [5, 5.41) is 2.48. The number of hydrogen-bond donors (Lipinski definition) is 1. The fourth-order valence-corrected chi connectivity index (χ4v) is 3.00. The van der Waals surface area contributed by atoms with Crippen molar-refractivity contribution >= 4 is 17.8 Å². The molecule has 130 valence electrons. The van der Waals surface area contributed by atoms with Crippen molar-refractivity contribution < 1.29 is 19.1 Å². The molecule has 1 aromatic carbocycles. The van der Waals surface area contributed by atoms with Gasteiger partial charge in [-0.1, -0.05) is 32.0 Å². The van der Waals surface area contributed by atoms with Crippen molar-refractivity contribution in [3.05, 3.63) is 35.9 Å². The Bertz CT molecular complexity index is 578. The molecule has 1 fully saturated rings. The largest absolute Gasteiger partial charge is 0.454 e. The molecule has 1 heterocycles. The van der Waals surface area contributed by atoms with Gasteiger partial charge in [0, 0.05) is 18.7 Å². The first-order valence-corrected chi connectivity index (χ1v) is 8.22. The highest BCUT2D eigenvalue weighted by atomic mass is 16.5. The second-order valence-electron chi connectivity index (χ2n) is 6.45. The zero-order valence-electron chi connectivity index (χ0n) is 14.2. The number of carbonyl (C=O) groups excluding carboxylic acids is 3. The molecule has 1 aliphatic rings. The summed E-state index contributed by atoms with van der Waals surface area (Å²) < 4.78 is 4.97. The van der Waals surface area contributed by atoms with E-state index in [0.717, 1.165) is 6.42 Å². The summed E-state index contributed by atoms with van der Waals surface area (Å²) in [7, 11) is 0. The van der Waals surface area contributed by atoms with E-state index in [1.54, 1.807) is 35.2 Å². The van der Waals surface area contributed by atoms with E-state index in [1.165, 1.54) is 0 Å². The molecule has 6 heteroatoms. The van der Waals surface area contributed by atoms with Gasteiger partial charge in [0.15, 0.2) is 6.61 Å². The van der Waals surface area contributed by atoms with Crippen molar-refractivity contribution in [1.29, 1.82) is 0 Å². The summed E-state index contributed by atoms with van der Waals surface area (Å²) in [6, 6.07) is 8.60. The lowest BCUT2D eigenvalue weighted by atomic mass is 9.92. The van der Waals surface area contributed by atoms with Crippen molar-refractivity contribution in [1.82, 2.24) is 10.2 Å². The molecule has 0 aromatic heterocycles. The highest BCUT2D eigenvalue weighted by molar-refractivity contribution is 5.96. The number of rotatable bonds is 5. The maximum Gasteiger partial charge on any atom is 0.325 e. The SMILES string of the molecule is C[C@@H]1C[C@@H](C)CN(C(=O)COC(=O)CNC(=O)c2ccccc2)C1. The molecule has 1 N–H and O–H groups in total. The monoisotopic (exact) mass is 332 g/mol. The Kier molecular flexibility index (Phi) is 6.35. The number of likely N-dealkylation sites (tertiary alicyclic amines) is 1. The van der Waals surface area contributed by atoms with Gasteiger partial charge in [-0.2, -0.15) is 0 Å². The first-order valence-electron chi connectivity index (χ1n) is 8.22. The predicted molar refractivity (Wildman–Crippen MR) is 89.3 cm³/mol. The lowest BCUT2D eigenvalue weighted by Crippen LogP contribution is -2.44. The molecular formula is C18H24N2O4. The Morgan fingerprint density at radius 1 is 1.12 bits per heavy atom. The number of amides is 2. The first-order chi connectivity index (χ1) is 11.5. The van der Waals surface area contributed by atoms with E-state index in [9.17, 15) is 14.4 Å². The summed E-state index contributed by atoms with van der Waals surface area (Å²) in [6.07, 6.45) is 1.11. The van der Waals surface area contributed by atoms with Gasteiger partial charge < -0.3 is 15.0 Å². The number of benzene rings is 1. The minimum Gasteiger partial charge on any atom is -0.454 e. The van der Waals surface area contributed by atoms with Gasteiger partial charge in [-0.15, -0.1) is 0 Å². The lowest BCUT2D eigenvalue weighted by Gasteiger charge is -2.34. The summed E-state index contributed by atoms with van der Waals surface area (Å²) in [6.45, 7) is 5.09. The number of esters is 1. The van der Waals surface area contributed by atoms with E-state index in [0.29, 0.717) is 30.5 Å². The zero-order valence-corrected chi connectivity index (χ0v) is 14.2. The lowest BCUT2D eigenvalue weighted by molar-refractivity contribution is -0.152. The number of ether oxygens (including phenoxy) is 1. The third kappa shape index (κ3) is 5.37. The van der Waals surface area contributed by atoms with Crippen LogP contribution in [0.5, 0.6) is 0 Å². The molecule has 0 bridgehead atoms. The van der Waals surface area contributed by atoms with Crippen molar-refractivity contribution in [3.8, 4) is 0 Å². The van der Waals surface area contributed by atoms with Crippen LogP contribution in [0.3, 0.4) is 0 Å². The first kappa shape index (κ1) is 18.0. The van der Waals surface area contributed by atoms with Gasteiger partial charge in [-0.25, -0.2) is 0 Å². The molecule has 2 atom stereocenters. The van der Waals surface area contributed by atoms with Gasteiger partial charge in [0.05, 0.1) is 0 Å². The van der Waals surface area contributed by atoms with Crippen LogP contribution in [0, 0.1) is 11.8 Å². The third-order valence-electron chi connectivity index (χ3n) is 4.01. The van der Waals surface area contributed by atoms with Crippen molar-refractivity contribution in [3.63, 3.8) is 0 Å². The van der Waals surface area contributed by atoms with E-state index >= 15 is 0 Å².